The number of carbonyl (C=O) groups excluding carboxylic acids is 1. The molecule has 0 radical (unpaired) electrons. The summed E-state index contributed by atoms with van der Waals surface area (Å²) in [6.45, 7) is 8.52. The topological polar surface area (TPSA) is 46.5 Å². The van der Waals surface area contributed by atoms with Gasteiger partial charge in [0.15, 0.2) is 0 Å². The highest BCUT2D eigenvalue weighted by Gasteiger charge is 2.14. The van der Waals surface area contributed by atoms with Crippen LogP contribution in [-0.4, -0.2) is 30.2 Å². The van der Waals surface area contributed by atoms with Crippen molar-refractivity contribution in [2.45, 2.75) is 72.3 Å². The molecule has 1 N–H and O–H groups in total. The fraction of sp³-hybridized carbons (Fsp3) is 0.929. The third-order valence-electron chi connectivity index (χ3n) is 2.41. The summed E-state index contributed by atoms with van der Waals surface area (Å²) in [7, 11) is 0. The first-order valence-electron chi connectivity index (χ1n) is 7.07. The van der Waals surface area contributed by atoms with Crippen LogP contribution in [-0.2, 0) is 9.53 Å². The third-order valence-corrected chi connectivity index (χ3v) is 2.41. The molecule has 0 saturated heterocycles. The summed E-state index contributed by atoms with van der Waals surface area (Å²) >= 11 is 0. The Balaban J connectivity index is 0. The van der Waals surface area contributed by atoms with Crippen LogP contribution in [0.4, 0.5) is 0 Å². The molecule has 1 aliphatic carbocycles. The van der Waals surface area contributed by atoms with E-state index in [9.17, 15) is 4.79 Å². The van der Waals surface area contributed by atoms with Crippen LogP contribution < -0.4 is 0 Å². The smallest absolute Gasteiger partial charge is 0.132 e. The number of hydrogen-bond donors (Lipinski definition) is 1. The summed E-state index contributed by atoms with van der Waals surface area (Å²) in [5.41, 5.74) is 0. The zero-order valence-electron chi connectivity index (χ0n) is 12.0. The van der Waals surface area contributed by atoms with E-state index in [2.05, 4.69) is 0 Å². The number of Topliss-reactive ketones (excluding diaryl/α,β-unsaturated/α-hetero) is 1. The average molecular weight is 246 g/mol. The molecule has 3 nitrogen and oxygen atoms in total. The molecule has 0 bridgehead atoms. The predicted octanol–water partition coefficient (Wildman–Crippen LogP) is 3.34. The van der Waals surface area contributed by atoms with Gasteiger partial charge in [-0.1, -0.05) is 27.7 Å². The Morgan fingerprint density at radius 1 is 1.12 bits per heavy atom. The summed E-state index contributed by atoms with van der Waals surface area (Å²) in [5.74, 6) is 0.389. The van der Waals surface area contributed by atoms with E-state index in [1.807, 2.05) is 27.7 Å². The van der Waals surface area contributed by atoms with Crippen molar-refractivity contribution in [3.05, 3.63) is 0 Å². The normalized spacial score (nSPS) is 16.9. The summed E-state index contributed by atoms with van der Waals surface area (Å²) in [5, 5.41) is 8.59. The Labute approximate surface area is 107 Å². The first-order chi connectivity index (χ1) is 8.33. The van der Waals surface area contributed by atoms with Gasteiger partial charge in [-0.15, -0.1) is 0 Å². The minimum atomic E-state index is 0.0927. The number of aliphatic hydroxyl groups excluding tert-OH is 1. The Bertz CT molecular complexity index is 146. The first-order valence-corrected chi connectivity index (χ1v) is 7.07. The summed E-state index contributed by atoms with van der Waals surface area (Å²) in [6, 6.07) is 0. The monoisotopic (exact) mass is 246 g/mol. The van der Waals surface area contributed by atoms with Crippen molar-refractivity contribution in [2.75, 3.05) is 13.2 Å². The summed E-state index contributed by atoms with van der Waals surface area (Å²) < 4.78 is 5.44. The van der Waals surface area contributed by atoms with Gasteiger partial charge in [0, 0.05) is 12.8 Å². The maximum atomic E-state index is 11.1. The molecule has 0 atom stereocenters. The van der Waals surface area contributed by atoms with Gasteiger partial charge in [0.05, 0.1) is 19.3 Å². The maximum Gasteiger partial charge on any atom is 0.132 e. The van der Waals surface area contributed by atoms with E-state index in [4.69, 9.17) is 9.84 Å². The zero-order valence-corrected chi connectivity index (χ0v) is 12.0. The minimum absolute atomic E-state index is 0.0927. The molecule has 1 saturated carbocycles. The van der Waals surface area contributed by atoms with Crippen molar-refractivity contribution in [3.8, 4) is 0 Å². The van der Waals surface area contributed by atoms with E-state index >= 15 is 0 Å². The number of ether oxygens (including phenoxy) is 1. The lowest BCUT2D eigenvalue weighted by Gasteiger charge is -2.19. The molecular formula is C14H30O3. The molecule has 0 aromatic rings. The van der Waals surface area contributed by atoms with Crippen LogP contribution >= 0.6 is 0 Å². The van der Waals surface area contributed by atoms with Crippen LogP contribution in [0.25, 0.3) is 0 Å². The zero-order chi connectivity index (χ0) is 13.5. The van der Waals surface area contributed by atoms with Crippen molar-refractivity contribution < 1.29 is 14.6 Å². The molecule has 3 heteroatoms. The molecule has 0 aromatic carbocycles. The lowest BCUT2D eigenvalue weighted by molar-refractivity contribution is -0.120. The van der Waals surface area contributed by atoms with Crippen molar-refractivity contribution in [1.82, 2.24) is 0 Å². The van der Waals surface area contributed by atoms with E-state index in [0.717, 1.165) is 25.7 Å². The molecule has 104 valence electrons. The van der Waals surface area contributed by atoms with E-state index in [-0.39, 0.29) is 12.7 Å². The maximum absolute atomic E-state index is 11.1. The number of aliphatic hydroxyl groups is 1. The van der Waals surface area contributed by atoms with Gasteiger partial charge in [0.2, 0.25) is 0 Å². The van der Waals surface area contributed by atoms with Crippen molar-refractivity contribution in [3.63, 3.8) is 0 Å². The van der Waals surface area contributed by atoms with Crippen LogP contribution in [0, 0.1) is 0 Å². The van der Waals surface area contributed by atoms with Gasteiger partial charge >= 0.3 is 0 Å². The van der Waals surface area contributed by atoms with Gasteiger partial charge < -0.3 is 9.84 Å². The number of rotatable bonds is 3. The summed E-state index contributed by atoms with van der Waals surface area (Å²) in [6.07, 6.45) is 5.49. The van der Waals surface area contributed by atoms with E-state index in [0.29, 0.717) is 25.2 Å². The second-order valence-corrected chi connectivity index (χ2v) is 3.54. The second kappa shape index (κ2) is 15.6. The molecule has 0 spiro atoms. The van der Waals surface area contributed by atoms with Gasteiger partial charge in [-0.05, 0) is 25.7 Å². The molecule has 17 heavy (non-hydrogen) atoms. The van der Waals surface area contributed by atoms with Crippen LogP contribution in [0.1, 0.15) is 66.2 Å². The molecule has 0 aliphatic heterocycles. The van der Waals surface area contributed by atoms with Crippen molar-refractivity contribution in [2.24, 2.45) is 0 Å². The molecule has 0 amide bonds. The standard InChI is InChI=1S/C10H18O3.2C2H6/c11-7-8-13-10-5-1-3-9(12)4-2-6-10;2*1-2/h10-11H,1-8H2;2*1-2H3. The lowest BCUT2D eigenvalue weighted by Crippen LogP contribution is -2.18. The second-order valence-electron chi connectivity index (χ2n) is 3.54. The average Bonchev–Trinajstić information content (AvgIpc) is 2.37. The Kier molecular flexibility index (Phi) is 17.4. The van der Waals surface area contributed by atoms with E-state index in [1.165, 1.54) is 0 Å². The number of hydrogen-bond acceptors (Lipinski definition) is 3. The van der Waals surface area contributed by atoms with E-state index in [1.54, 1.807) is 0 Å². The predicted molar refractivity (Wildman–Crippen MR) is 72.2 cm³/mol. The Hall–Kier alpha value is -0.410. The van der Waals surface area contributed by atoms with Crippen LogP contribution in [0.3, 0.4) is 0 Å². The molecule has 0 unspecified atom stereocenters. The number of carbonyl (C=O) groups is 1. The SMILES string of the molecule is CC.CC.O=C1CCCC(OCCO)CCC1. The van der Waals surface area contributed by atoms with Crippen molar-refractivity contribution in [1.29, 1.82) is 0 Å². The Morgan fingerprint density at radius 3 is 2.00 bits per heavy atom. The number of ketones is 1. The molecule has 0 heterocycles. The molecule has 1 rings (SSSR count). The van der Waals surface area contributed by atoms with Gasteiger partial charge in [-0.3, -0.25) is 4.79 Å². The largest absolute Gasteiger partial charge is 0.394 e. The molecule has 1 aliphatic rings. The lowest BCUT2D eigenvalue weighted by atomic mass is 9.98. The minimum Gasteiger partial charge on any atom is -0.394 e. The third kappa shape index (κ3) is 11.8. The van der Waals surface area contributed by atoms with Gasteiger partial charge in [-0.2, -0.15) is 0 Å². The highest BCUT2D eigenvalue weighted by molar-refractivity contribution is 5.78. The highest BCUT2D eigenvalue weighted by Crippen LogP contribution is 2.17. The van der Waals surface area contributed by atoms with Crippen molar-refractivity contribution >= 4 is 5.78 Å². The molecular weight excluding hydrogens is 216 g/mol. The van der Waals surface area contributed by atoms with Crippen LogP contribution in [0.15, 0.2) is 0 Å². The van der Waals surface area contributed by atoms with Gasteiger partial charge in [0.25, 0.3) is 0 Å². The Morgan fingerprint density at radius 2 is 1.59 bits per heavy atom. The quantitative estimate of drug-likeness (QED) is 0.830. The van der Waals surface area contributed by atoms with Gasteiger partial charge in [0.1, 0.15) is 5.78 Å². The summed E-state index contributed by atoms with van der Waals surface area (Å²) in [4.78, 5) is 11.1. The fourth-order valence-electron chi connectivity index (χ4n) is 1.71. The fourth-order valence-corrected chi connectivity index (χ4v) is 1.71. The van der Waals surface area contributed by atoms with Gasteiger partial charge in [-0.25, -0.2) is 0 Å². The van der Waals surface area contributed by atoms with Crippen LogP contribution in [0.2, 0.25) is 0 Å². The van der Waals surface area contributed by atoms with Crippen LogP contribution in [0.5, 0.6) is 0 Å². The van der Waals surface area contributed by atoms with E-state index < -0.39 is 0 Å². The highest BCUT2D eigenvalue weighted by atomic mass is 16.5. The molecule has 0 aromatic heterocycles. The first kappa shape index (κ1) is 18.9. The molecule has 1 fully saturated rings.